The SMILES string of the molecule is COC(=O)c1cc(Cc2cccc(C(=O)OC)c2O)cc(Cl)c1O. The topological polar surface area (TPSA) is 93.1 Å². The van der Waals surface area contributed by atoms with Gasteiger partial charge >= 0.3 is 11.9 Å². The van der Waals surface area contributed by atoms with E-state index in [0.29, 0.717) is 11.1 Å². The molecule has 0 atom stereocenters. The fourth-order valence-electron chi connectivity index (χ4n) is 2.25. The van der Waals surface area contributed by atoms with Crippen LogP contribution in [0, 0.1) is 0 Å². The molecule has 0 fully saturated rings. The van der Waals surface area contributed by atoms with Gasteiger partial charge in [-0.3, -0.25) is 0 Å². The van der Waals surface area contributed by atoms with Gasteiger partial charge in [0, 0.05) is 6.42 Å². The van der Waals surface area contributed by atoms with Crippen LogP contribution in [-0.2, 0) is 15.9 Å². The number of methoxy groups -OCH3 is 2. The molecule has 2 N–H and O–H groups in total. The molecular weight excluding hydrogens is 336 g/mol. The molecular formula is C17H15ClO6. The van der Waals surface area contributed by atoms with Gasteiger partial charge in [-0.15, -0.1) is 0 Å². The highest BCUT2D eigenvalue weighted by Crippen LogP contribution is 2.32. The van der Waals surface area contributed by atoms with E-state index in [9.17, 15) is 19.8 Å². The van der Waals surface area contributed by atoms with E-state index in [0.717, 1.165) is 0 Å². The van der Waals surface area contributed by atoms with Gasteiger partial charge in [0.1, 0.15) is 22.6 Å². The van der Waals surface area contributed by atoms with Crippen molar-refractivity contribution in [2.75, 3.05) is 14.2 Å². The number of hydrogen-bond acceptors (Lipinski definition) is 6. The van der Waals surface area contributed by atoms with Crippen LogP contribution < -0.4 is 0 Å². The van der Waals surface area contributed by atoms with Crippen LogP contribution in [0.5, 0.6) is 11.5 Å². The number of halogens is 1. The van der Waals surface area contributed by atoms with Crippen molar-refractivity contribution < 1.29 is 29.3 Å². The van der Waals surface area contributed by atoms with E-state index in [-0.39, 0.29) is 34.1 Å². The Bertz CT molecular complexity index is 800. The van der Waals surface area contributed by atoms with Crippen LogP contribution in [-0.4, -0.2) is 36.4 Å². The van der Waals surface area contributed by atoms with Gasteiger partial charge < -0.3 is 19.7 Å². The lowest BCUT2D eigenvalue weighted by Gasteiger charge is -2.11. The molecule has 0 aliphatic heterocycles. The number of esters is 2. The number of phenols is 2. The predicted molar refractivity (Wildman–Crippen MR) is 86.7 cm³/mol. The van der Waals surface area contributed by atoms with Crippen molar-refractivity contribution in [2.24, 2.45) is 0 Å². The van der Waals surface area contributed by atoms with Gasteiger partial charge in [0.2, 0.25) is 0 Å². The molecule has 24 heavy (non-hydrogen) atoms. The summed E-state index contributed by atoms with van der Waals surface area (Å²) in [5.41, 5.74) is 0.947. The minimum absolute atomic E-state index is 0.0171. The highest BCUT2D eigenvalue weighted by molar-refractivity contribution is 6.32. The quantitative estimate of drug-likeness (QED) is 0.823. The minimum atomic E-state index is -0.733. The zero-order chi connectivity index (χ0) is 17.9. The number of benzene rings is 2. The van der Waals surface area contributed by atoms with Crippen molar-refractivity contribution in [1.29, 1.82) is 0 Å². The van der Waals surface area contributed by atoms with Crippen LogP contribution in [0.1, 0.15) is 31.8 Å². The van der Waals surface area contributed by atoms with E-state index in [4.69, 9.17) is 11.6 Å². The van der Waals surface area contributed by atoms with Crippen molar-refractivity contribution in [3.8, 4) is 11.5 Å². The number of rotatable bonds is 4. The van der Waals surface area contributed by atoms with Gasteiger partial charge in [-0.2, -0.15) is 0 Å². The Morgan fingerprint density at radius 2 is 1.62 bits per heavy atom. The minimum Gasteiger partial charge on any atom is -0.507 e. The maximum Gasteiger partial charge on any atom is 0.341 e. The summed E-state index contributed by atoms with van der Waals surface area (Å²) in [6.07, 6.45) is 0.181. The van der Waals surface area contributed by atoms with Gasteiger partial charge in [-0.1, -0.05) is 23.7 Å². The number of para-hydroxylation sites is 1. The average molecular weight is 351 g/mol. The fourth-order valence-corrected chi connectivity index (χ4v) is 2.49. The summed E-state index contributed by atoms with van der Waals surface area (Å²) in [6.45, 7) is 0. The highest BCUT2D eigenvalue weighted by Gasteiger charge is 2.18. The smallest absolute Gasteiger partial charge is 0.341 e. The van der Waals surface area contributed by atoms with Crippen LogP contribution in [0.2, 0.25) is 5.02 Å². The molecule has 0 heterocycles. The van der Waals surface area contributed by atoms with Crippen LogP contribution in [0.25, 0.3) is 0 Å². The Hall–Kier alpha value is -2.73. The molecule has 2 aromatic rings. The van der Waals surface area contributed by atoms with Crippen molar-refractivity contribution in [2.45, 2.75) is 6.42 Å². The molecule has 0 saturated carbocycles. The third-order valence-corrected chi connectivity index (χ3v) is 3.74. The standard InChI is InChI=1S/C17H15ClO6/c1-23-16(21)11-5-3-4-10(14(11)19)6-9-7-12(17(22)24-2)15(20)13(18)8-9/h3-5,7-8,19-20H,6H2,1-2H3. The van der Waals surface area contributed by atoms with Crippen LogP contribution in [0.15, 0.2) is 30.3 Å². The lowest BCUT2D eigenvalue weighted by molar-refractivity contribution is 0.0588. The molecule has 0 bridgehead atoms. The van der Waals surface area contributed by atoms with E-state index < -0.39 is 11.9 Å². The van der Waals surface area contributed by atoms with Gasteiger partial charge in [0.05, 0.1) is 19.2 Å². The van der Waals surface area contributed by atoms with Crippen LogP contribution in [0.4, 0.5) is 0 Å². The van der Waals surface area contributed by atoms with Crippen LogP contribution in [0.3, 0.4) is 0 Å². The fraction of sp³-hybridized carbons (Fsp3) is 0.176. The highest BCUT2D eigenvalue weighted by atomic mass is 35.5. The van der Waals surface area contributed by atoms with Crippen molar-refractivity contribution in [3.63, 3.8) is 0 Å². The molecule has 0 aliphatic carbocycles. The summed E-state index contributed by atoms with van der Waals surface area (Å²) in [6, 6.07) is 7.55. The Kier molecular flexibility index (Phi) is 5.31. The Labute approximate surface area is 143 Å². The van der Waals surface area contributed by atoms with E-state index in [1.165, 1.54) is 32.4 Å². The largest absolute Gasteiger partial charge is 0.507 e. The molecule has 7 heteroatoms. The molecule has 0 unspecified atom stereocenters. The van der Waals surface area contributed by atoms with Crippen molar-refractivity contribution in [1.82, 2.24) is 0 Å². The van der Waals surface area contributed by atoms with Crippen molar-refractivity contribution >= 4 is 23.5 Å². The lowest BCUT2D eigenvalue weighted by Crippen LogP contribution is -2.05. The van der Waals surface area contributed by atoms with E-state index >= 15 is 0 Å². The normalized spacial score (nSPS) is 10.3. The monoisotopic (exact) mass is 350 g/mol. The first-order valence-corrected chi connectivity index (χ1v) is 7.25. The summed E-state index contributed by atoms with van der Waals surface area (Å²) in [4.78, 5) is 23.3. The molecule has 0 saturated heterocycles. The number of phenolic OH excluding ortho intramolecular Hbond substituents is 2. The van der Waals surface area contributed by atoms with E-state index in [1.807, 2.05) is 0 Å². The first kappa shape index (κ1) is 17.6. The predicted octanol–water partition coefficient (Wildman–Crippen LogP) is 2.92. The maximum absolute atomic E-state index is 11.7. The first-order valence-electron chi connectivity index (χ1n) is 6.88. The third-order valence-electron chi connectivity index (χ3n) is 3.45. The second kappa shape index (κ2) is 7.23. The molecule has 0 amide bonds. The van der Waals surface area contributed by atoms with Gasteiger partial charge in [-0.25, -0.2) is 9.59 Å². The summed E-state index contributed by atoms with van der Waals surface area (Å²) < 4.78 is 9.21. The molecule has 0 radical (unpaired) electrons. The number of carbonyl (C=O) groups is 2. The third kappa shape index (κ3) is 3.44. The average Bonchev–Trinajstić information content (AvgIpc) is 2.58. The summed E-state index contributed by atoms with van der Waals surface area (Å²) in [5.74, 6) is -1.98. The van der Waals surface area contributed by atoms with Gasteiger partial charge in [-0.05, 0) is 29.3 Å². The lowest BCUT2D eigenvalue weighted by atomic mass is 9.99. The summed E-state index contributed by atoms with van der Waals surface area (Å²) >= 11 is 5.94. The second-order valence-electron chi connectivity index (χ2n) is 4.95. The summed E-state index contributed by atoms with van der Waals surface area (Å²) in [5, 5.41) is 20.1. The zero-order valence-electron chi connectivity index (χ0n) is 13.0. The van der Waals surface area contributed by atoms with E-state index in [1.54, 1.807) is 12.1 Å². The molecule has 2 rings (SSSR count). The maximum atomic E-state index is 11.7. The van der Waals surface area contributed by atoms with E-state index in [2.05, 4.69) is 9.47 Å². The molecule has 0 spiro atoms. The zero-order valence-corrected chi connectivity index (χ0v) is 13.8. The second-order valence-corrected chi connectivity index (χ2v) is 5.35. The molecule has 126 valence electrons. The molecule has 2 aromatic carbocycles. The van der Waals surface area contributed by atoms with Gasteiger partial charge in [0.25, 0.3) is 0 Å². The number of carbonyl (C=O) groups excluding carboxylic acids is 2. The molecule has 0 aliphatic rings. The number of ether oxygens (including phenoxy) is 2. The van der Waals surface area contributed by atoms with Gasteiger partial charge in [0.15, 0.2) is 0 Å². The molecule has 0 aromatic heterocycles. The summed E-state index contributed by atoms with van der Waals surface area (Å²) in [7, 11) is 2.41. The number of aromatic hydroxyl groups is 2. The Morgan fingerprint density at radius 3 is 2.25 bits per heavy atom. The molecule has 6 nitrogen and oxygen atoms in total. The van der Waals surface area contributed by atoms with Crippen LogP contribution >= 0.6 is 11.6 Å². The van der Waals surface area contributed by atoms with Crippen molar-refractivity contribution in [3.05, 3.63) is 57.6 Å². The number of hydrogen-bond donors (Lipinski definition) is 2. The Balaban J connectivity index is 2.44. The Morgan fingerprint density at radius 1 is 1.00 bits per heavy atom. The first-order chi connectivity index (χ1) is 11.4.